The van der Waals surface area contributed by atoms with E-state index in [0.29, 0.717) is 50.7 Å². The Labute approximate surface area is 246 Å². The molecular weight excluding hydrogens is 569 g/mol. The van der Waals surface area contributed by atoms with Gasteiger partial charge in [0.2, 0.25) is 5.91 Å². The fourth-order valence-electron chi connectivity index (χ4n) is 6.15. The smallest absolute Gasteiger partial charge is 0.245 e. The van der Waals surface area contributed by atoms with E-state index in [2.05, 4.69) is 41.1 Å². The molecule has 5 rings (SSSR count). The standard InChI is InChI=1S/C29H35Cl2N5O3S/c1-18(2)35(3)21-9-10-26(19(13-21)16-40(38,39)22-7-5-4-6-8-22)36-12-11-25(29(36)37)34-28-23-14-20(30)15-24(31)27(23)32-17-33-28/h4-8,14-15,17-19,21,25-26H,9-13,16H2,1-3H3,(H,32,33,34)/t19-,21+,25-,26-/m0/s1. The number of hydrogen-bond donors (Lipinski definition) is 1. The molecule has 40 heavy (non-hydrogen) atoms. The highest BCUT2D eigenvalue weighted by Gasteiger charge is 2.44. The Morgan fingerprint density at radius 3 is 2.58 bits per heavy atom. The summed E-state index contributed by atoms with van der Waals surface area (Å²) < 4.78 is 26.9. The highest BCUT2D eigenvalue weighted by atomic mass is 35.5. The second-order valence-corrected chi connectivity index (χ2v) is 14.0. The molecule has 1 amide bonds. The van der Waals surface area contributed by atoms with Gasteiger partial charge in [-0.1, -0.05) is 41.4 Å². The van der Waals surface area contributed by atoms with Gasteiger partial charge in [-0.2, -0.15) is 0 Å². The molecule has 2 aromatic carbocycles. The first-order chi connectivity index (χ1) is 19.0. The number of hydrogen-bond acceptors (Lipinski definition) is 7. The third-order valence-corrected chi connectivity index (χ3v) is 10.8. The molecule has 2 fully saturated rings. The number of anilines is 1. The van der Waals surface area contributed by atoms with Crippen molar-refractivity contribution < 1.29 is 13.2 Å². The van der Waals surface area contributed by atoms with Crippen LogP contribution in [0.3, 0.4) is 0 Å². The minimum Gasteiger partial charge on any atom is -0.358 e. The summed E-state index contributed by atoms with van der Waals surface area (Å²) in [5, 5.41) is 4.82. The van der Waals surface area contributed by atoms with Crippen molar-refractivity contribution in [2.24, 2.45) is 5.92 Å². The van der Waals surface area contributed by atoms with Crippen molar-refractivity contribution >= 4 is 55.7 Å². The van der Waals surface area contributed by atoms with Crippen molar-refractivity contribution in [2.45, 2.75) is 68.6 Å². The number of carbonyl (C=O) groups is 1. The van der Waals surface area contributed by atoms with Crippen LogP contribution < -0.4 is 5.32 Å². The molecule has 0 spiro atoms. The first-order valence-electron chi connectivity index (χ1n) is 13.7. The molecular formula is C29H35Cl2N5O3S. The summed E-state index contributed by atoms with van der Waals surface area (Å²) in [6.45, 7) is 4.86. The number of carbonyl (C=O) groups excluding carboxylic acids is 1. The van der Waals surface area contributed by atoms with E-state index in [9.17, 15) is 13.2 Å². The van der Waals surface area contributed by atoms with Crippen LogP contribution in [-0.2, 0) is 14.6 Å². The molecule has 1 aliphatic heterocycles. The van der Waals surface area contributed by atoms with Crippen LogP contribution in [0, 0.1) is 5.92 Å². The van der Waals surface area contributed by atoms with Crippen molar-refractivity contribution in [1.29, 1.82) is 0 Å². The van der Waals surface area contributed by atoms with E-state index in [1.807, 2.05) is 11.0 Å². The van der Waals surface area contributed by atoms with E-state index in [1.54, 1.807) is 36.4 Å². The van der Waals surface area contributed by atoms with Crippen LogP contribution in [0.1, 0.15) is 39.5 Å². The topological polar surface area (TPSA) is 95.5 Å². The Kier molecular flexibility index (Phi) is 8.57. The maximum Gasteiger partial charge on any atom is 0.245 e. The molecule has 2 aliphatic rings. The molecule has 1 N–H and O–H groups in total. The summed E-state index contributed by atoms with van der Waals surface area (Å²) in [4.78, 5) is 27.0. The number of aromatic nitrogens is 2. The Bertz CT molecular complexity index is 1490. The average molecular weight is 605 g/mol. The number of sulfone groups is 1. The van der Waals surface area contributed by atoms with Gasteiger partial charge < -0.3 is 15.1 Å². The fourth-order valence-corrected chi connectivity index (χ4v) is 8.38. The normalized spacial score (nSPS) is 23.9. The SMILES string of the molecule is CC(C)N(C)[C@@H]1CC[C@H](N2CC[C@H](Nc3ncnc4c(Cl)cc(Cl)cc34)C2=O)[C@H](CS(=O)(=O)c2ccccc2)C1. The van der Waals surface area contributed by atoms with Crippen LogP contribution in [0.4, 0.5) is 5.82 Å². The summed E-state index contributed by atoms with van der Waals surface area (Å²) in [5.41, 5.74) is 0.560. The third-order valence-electron chi connectivity index (χ3n) is 8.45. The molecule has 4 atom stereocenters. The number of amides is 1. The lowest BCUT2D eigenvalue weighted by molar-refractivity contribution is -0.132. The molecule has 1 aromatic heterocycles. The molecule has 8 nitrogen and oxygen atoms in total. The number of benzene rings is 2. The van der Waals surface area contributed by atoms with E-state index in [-0.39, 0.29) is 29.7 Å². The minimum atomic E-state index is -3.52. The van der Waals surface area contributed by atoms with Crippen molar-refractivity contribution in [3.05, 3.63) is 58.8 Å². The predicted octanol–water partition coefficient (Wildman–Crippen LogP) is 5.30. The number of fused-ring (bicyclic) bond motifs is 1. The third kappa shape index (κ3) is 5.93. The number of rotatable bonds is 8. The number of nitrogens with one attached hydrogen (secondary N) is 1. The van der Waals surface area contributed by atoms with Gasteiger partial charge in [-0.25, -0.2) is 18.4 Å². The monoisotopic (exact) mass is 603 g/mol. The van der Waals surface area contributed by atoms with Gasteiger partial charge in [-0.15, -0.1) is 0 Å². The number of likely N-dealkylation sites (tertiary alicyclic amines) is 1. The van der Waals surface area contributed by atoms with Gasteiger partial charge in [0.25, 0.3) is 0 Å². The zero-order valence-electron chi connectivity index (χ0n) is 22.9. The molecule has 214 valence electrons. The van der Waals surface area contributed by atoms with Gasteiger partial charge in [0.05, 0.1) is 21.2 Å². The van der Waals surface area contributed by atoms with Crippen molar-refractivity contribution in [1.82, 2.24) is 19.8 Å². The van der Waals surface area contributed by atoms with Gasteiger partial charge in [-0.3, -0.25) is 4.79 Å². The molecule has 1 saturated heterocycles. The van der Waals surface area contributed by atoms with Crippen LogP contribution in [0.25, 0.3) is 10.9 Å². The Morgan fingerprint density at radius 1 is 1.10 bits per heavy atom. The second-order valence-electron chi connectivity index (χ2n) is 11.2. The van der Waals surface area contributed by atoms with Crippen LogP contribution in [0.5, 0.6) is 0 Å². The number of nitrogens with zero attached hydrogens (tertiary/aromatic N) is 4. The quantitative estimate of drug-likeness (QED) is 0.373. The van der Waals surface area contributed by atoms with Crippen LogP contribution in [-0.4, -0.2) is 77.6 Å². The summed E-state index contributed by atoms with van der Waals surface area (Å²) in [7, 11) is -1.42. The van der Waals surface area contributed by atoms with E-state index >= 15 is 0 Å². The summed E-state index contributed by atoms with van der Waals surface area (Å²) in [6, 6.07) is 11.9. The van der Waals surface area contributed by atoms with Gasteiger partial charge in [0, 0.05) is 35.1 Å². The van der Waals surface area contributed by atoms with Crippen LogP contribution in [0.15, 0.2) is 53.7 Å². The average Bonchev–Trinajstić information content (AvgIpc) is 3.28. The van der Waals surface area contributed by atoms with Crippen LogP contribution >= 0.6 is 23.2 Å². The largest absolute Gasteiger partial charge is 0.358 e. The summed E-state index contributed by atoms with van der Waals surface area (Å²) >= 11 is 12.6. The Balaban J connectivity index is 1.38. The Hall–Kier alpha value is -2.46. The minimum absolute atomic E-state index is 0.0134. The molecule has 1 saturated carbocycles. The Morgan fingerprint density at radius 2 is 1.85 bits per heavy atom. The zero-order valence-corrected chi connectivity index (χ0v) is 25.3. The molecule has 11 heteroatoms. The van der Waals surface area contributed by atoms with E-state index in [0.717, 1.165) is 19.3 Å². The van der Waals surface area contributed by atoms with Gasteiger partial charge in [-0.05, 0) is 76.8 Å². The van der Waals surface area contributed by atoms with E-state index in [1.165, 1.54) is 6.33 Å². The fraction of sp³-hybridized carbons (Fsp3) is 0.483. The first-order valence-corrected chi connectivity index (χ1v) is 16.1. The molecule has 0 radical (unpaired) electrons. The summed E-state index contributed by atoms with van der Waals surface area (Å²) in [6.07, 6.45) is 4.40. The second kappa shape index (κ2) is 11.8. The predicted molar refractivity (Wildman–Crippen MR) is 160 cm³/mol. The maximum atomic E-state index is 13.8. The summed E-state index contributed by atoms with van der Waals surface area (Å²) in [5.74, 6) is 0.299. The van der Waals surface area contributed by atoms with E-state index < -0.39 is 15.9 Å². The zero-order chi connectivity index (χ0) is 28.6. The maximum absolute atomic E-state index is 13.8. The highest BCUT2D eigenvalue weighted by Crippen LogP contribution is 2.37. The lowest BCUT2D eigenvalue weighted by Gasteiger charge is -2.44. The van der Waals surface area contributed by atoms with Gasteiger partial charge in [0.15, 0.2) is 9.84 Å². The molecule has 0 unspecified atom stereocenters. The molecule has 3 aromatic rings. The molecule has 1 aliphatic carbocycles. The van der Waals surface area contributed by atoms with Gasteiger partial charge in [0.1, 0.15) is 18.2 Å². The number of halogens is 2. The lowest BCUT2D eigenvalue weighted by atomic mass is 9.81. The van der Waals surface area contributed by atoms with Crippen molar-refractivity contribution in [3.8, 4) is 0 Å². The molecule has 0 bridgehead atoms. The highest BCUT2D eigenvalue weighted by molar-refractivity contribution is 7.91. The first kappa shape index (κ1) is 29.0. The van der Waals surface area contributed by atoms with Gasteiger partial charge >= 0.3 is 0 Å². The van der Waals surface area contributed by atoms with Crippen molar-refractivity contribution in [3.63, 3.8) is 0 Å². The lowest BCUT2D eigenvalue weighted by Crippen LogP contribution is -2.52. The van der Waals surface area contributed by atoms with Crippen molar-refractivity contribution in [2.75, 3.05) is 24.7 Å². The molecule has 2 heterocycles. The van der Waals surface area contributed by atoms with Crippen LogP contribution in [0.2, 0.25) is 10.0 Å². The van der Waals surface area contributed by atoms with E-state index in [4.69, 9.17) is 23.2 Å².